The predicted molar refractivity (Wildman–Crippen MR) is 104 cm³/mol. The number of rotatable bonds is 1. The van der Waals surface area contributed by atoms with E-state index in [1.165, 1.54) is 0 Å². The zero-order chi connectivity index (χ0) is 18.4. The monoisotopic (exact) mass is 373 g/mol. The number of fused-ring (bicyclic) bond motifs is 1. The summed E-state index contributed by atoms with van der Waals surface area (Å²) >= 11 is 12.5. The molecule has 1 heterocycles. The number of aromatic nitrogens is 1. The van der Waals surface area contributed by atoms with E-state index >= 15 is 0 Å². The van der Waals surface area contributed by atoms with Crippen molar-refractivity contribution in [2.24, 2.45) is 11.3 Å². The van der Waals surface area contributed by atoms with E-state index in [9.17, 15) is 5.26 Å². The topological polar surface area (TPSA) is 62.7 Å². The van der Waals surface area contributed by atoms with Gasteiger partial charge >= 0.3 is 0 Å². The Kier molecular flexibility index (Phi) is 4.70. The van der Waals surface area contributed by atoms with Crippen molar-refractivity contribution in [3.63, 3.8) is 0 Å². The Labute approximate surface area is 158 Å². The van der Waals surface area contributed by atoms with E-state index in [0.29, 0.717) is 21.5 Å². The molecule has 0 amide bonds. The molecule has 2 N–H and O–H groups in total. The molecule has 0 saturated carbocycles. The van der Waals surface area contributed by atoms with E-state index in [1.54, 1.807) is 12.1 Å². The number of nitrogens with zero attached hydrogens (tertiary/aromatic N) is 2. The van der Waals surface area contributed by atoms with E-state index < -0.39 is 0 Å². The minimum atomic E-state index is 0.187. The Morgan fingerprint density at radius 3 is 2.60 bits per heavy atom. The highest BCUT2D eigenvalue weighted by molar-refractivity contribution is 6.36. The van der Waals surface area contributed by atoms with Gasteiger partial charge in [0.2, 0.25) is 0 Å². The molecular weight excluding hydrogens is 353 g/mol. The smallest absolute Gasteiger partial charge is 0.142 e. The molecule has 0 aliphatic heterocycles. The van der Waals surface area contributed by atoms with Crippen LogP contribution in [-0.4, -0.2) is 4.98 Å². The van der Waals surface area contributed by atoms with Gasteiger partial charge in [-0.05, 0) is 48.3 Å². The molecule has 0 saturated heterocycles. The standard InChI is InChI=1S/C20H21Cl2N3/c1-20(2,3)11-4-7-17-14(8-11)18(15(10-23)19(24)25-17)13-6-5-12(21)9-16(13)22/h5-6,9,11H,4,7-8H2,1-3H3,(H2,24,25). The average molecular weight is 374 g/mol. The first-order valence-corrected chi connectivity index (χ1v) is 9.14. The van der Waals surface area contributed by atoms with Gasteiger partial charge in [0.15, 0.2) is 0 Å². The van der Waals surface area contributed by atoms with Gasteiger partial charge in [-0.25, -0.2) is 4.98 Å². The van der Waals surface area contributed by atoms with Crippen LogP contribution >= 0.6 is 23.2 Å². The molecule has 1 aliphatic rings. The third kappa shape index (κ3) is 3.34. The number of hydrogen-bond acceptors (Lipinski definition) is 3. The zero-order valence-electron chi connectivity index (χ0n) is 14.7. The molecule has 0 radical (unpaired) electrons. The Morgan fingerprint density at radius 2 is 2.00 bits per heavy atom. The molecule has 0 spiro atoms. The van der Waals surface area contributed by atoms with Crippen LogP contribution in [0.15, 0.2) is 18.2 Å². The third-order valence-corrected chi connectivity index (χ3v) is 5.68. The number of nitriles is 1. The lowest BCUT2D eigenvalue weighted by atomic mass is 9.70. The Bertz CT molecular complexity index is 876. The molecular formula is C20H21Cl2N3. The summed E-state index contributed by atoms with van der Waals surface area (Å²) in [5.41, 5.74) is 10.4. The Morgan fingerprint density at radius 1 is 1.28 bits per heavy atom. The third-order valence-electron chi connectivity index (χ3n) is 5.13. The SMILES string of the molecule is CC(C)(C)C1CCc2nc(N)c(C#N)c(-c3ccc(Cl)cc3Cl)c2C1. The van der Waals surface area contributed by atoms with Crippen molar-refractivity contribution in [1.82, 2.24) is 4.98 Å². The molecule has 3 nitrogen and oxygen atoms in total. The van der Waals surface area contributed by atoms with E-state index in [-0.39, 0.29) is 11.2 Å². The lowest BCUT2D eigenvalue weighted by Gasteiger charge is -2.35. The van der Waals surface area contributed by atoms with Crippen LogP contribution < -0.4 is 5.73 Å². The first kappa shape index (κ1) is 18.0. The summed E-state index contributed by atoms with van der Waals surface area (Å²) < 4.78 is 0. The van der Waals surface area contributed by atoms with Crippen LogP contribution in [-0.2, 0) is 12.8 Å². The first-order chi connectivity index (χ1) is 11.7. The number of anilines is 1. The Balaban J connectivity index is 2.27. The molecule has 5 heteroatoms. The highest BCUT2D eigenvalue weighted by Crippen LogP contribution is 2.44. The summed E-state index contributed by atoms with van der Waals surface area (Å²) in [7, 11) is 0. The fourth-order valence-electron chi connectivity index (χ4n) is 3.62. The summed E-state index contributed by atoms with van der Waals surface area (Å²) in [4.78, 5) is 4.52. The summed E-state index contributed by atoms with van der Waals surface area (Å²) in [6.07, 6.45) is 2.81. The number of hydrogen-bond donors (Lipinski definition) is 1. The van der Waals surface area contributed by atoms with E-state index in [1.807, 2.05) is 6.07 Å². The summed E-state index contributed by atoms with van der Waals surface area (Å²) in [6, 6.07) is 7.58. The van der Waals surface area contributed by atoms with Crippen LogP contribution in [0.3, 0.4) is 0 Å². The van der Waals surface area contributed by atoms with Gasteiger partial charge in [-0.15, -0.1) is 0 Å². The van der Waals surface area contributed by atoms with E-state index in [2.05, 4.69) is 31.8 Å². The van der Waals surface area contributed by atoms with Crippen molar-refractivity contribution in [3.8, 4) is 17.2 Å². The van der Waals surface area contributed by atoms with E-state index in [0.717, 1.165) is 41.6 Å². The minimum Gasteiger partial charge on any atom is -0.383 e. The summed E-state index contributed by atoms with van der Waals surface area (Å²) in [5.74, 6) is 0.790. The number of aryl methyl sites for hydroxylation is 1. The van der Waals surface area contributed by atoms with E-state index in [4.69, 9.17) is 28.9 Å². The number of benzene rings is 1. The highest BCUT2D eigenvalue weighted by Gasteiger charge is 2.32. The molecule has 130 valence electrons. The number of nitrogen functional groups attached to an aromatic ring is 1. The van der Waals surface area contributed by atoms with Gasteiger partial charge < -0.3 is 5.73 Å². The molecule has 1 atom stereocenters. The second-order valence-electron chi connectivity index (χ2n) is 7.71. The quantitative estimate of drug-likeness (QED) is 0.700. The fourth-order valence-corrected chi connectivity index (χ4v) is 4.12. The maximum absolute atomic E-state index is 9.69. The van der Waals surface area contributed by atoms with Gasteiger partial charge in [0.1, 0.15) is 17.5 Å². The maximum atomic E-state index is 9.69. The molecule has 0 fully saturated rings. The molecule has 0 bridgehead atoms. The van der Waals surface area contributed by atoms with Crippen LogP contribution in [0.1, 0.15) is 44.0 Å². The second kappa shape index (κ2) is 6.52. The number of halogens is 2. The van der Waals surface area contributed by atoms with Gasteiger partial charge in [0, 0.05) is 26.9 Å². The van der Waals surface area contributed by atoms with Crippen LogP contribution in [0.25, 0.3) is 11.1 Å². The Hall–Kier alpha value is -1.76. The molecule has 1 aromatic heterocycles. The molecule has 1 aliphatic carbocycles. The zero-order valence-corrected chi connectivity index (χ0v) is 16.2. The van der Waals surface area contributed by atoms with Crippen LogP contribution in [0.4, 0.5) is 5.82 Å². The molecule has 1 unspecified atom stereocenters. The normalized spacial score (nSPS) is 17.0. The fraction of sp³-hybridized carbons (Fsp3) is 0.400. The van der Waals surface area contributed by atoms with Crippen LogP contribution in [0.2, 0.25) is 10.0 Å². The number of pyridine rings is 1. The van der Waals surface area contributed by atoms with Gasteiger partial charge in [0.05, 0.1) is 0 Å². The largest absolute Gasteiger partial charge is 0.383 e. The average Bonchev–Trinajstić information content (AvgIpc) is 2.52. The van der Waals surface area contributed by atoms with Crippen molar-refractivity contribution in [2.45, 2.75) is 40.0 Å². The van der Waals surface area contributed by atoms with Crippen molar-refractivity contribution < 1.29 is 0 Å². The minimum absolute atomic E-state index is 0.187. The van der Waals surface area contributed by atoms with Gasteiger partial charge in [0.25, 0.3) is 0 Å². The highest BCUT2D eigenvalue weighted by atomic mass is 35.5. The molecule has 1 aromatic carbocycles. The van der Waals surface area contributed by atoms with Crippen molar-refractivity contribution in [2.75, 3.05) is 5.73 Å². The van der Waals surface area contributed by atoms with Crippen molar-refractivity contribution in [1.29, 1.82) is 5.26 Å². The lowest BCUT2D eigenvalue weighted by molar-refractivity contribution is 0.215. The molecule has 25 heavy (non-hydrogen) atoms. The van der Waals surface area contributed by atoms with Gasteiger partial charge in [-0.1, -0.05) is 50.0 Å². The van der Waals surface area contributed by atoms with Crippen LogP contribution in [0, 0.1) is 22.7 Å². The van der Waals surface area contributed by atoms with Crippen molar-refractivity contribution >= 4 is 29.0 Å². The van der Waals surface area contributed by atoms with Crippen LogP contribution in [0.5, 0.6) is 0 Å². The summed E-state index contributed by atoms with van der Waals surface area (Å²) in [6.45, 7) is 6.77. The maximum Gasteiger partial charge on any atom is 0.142 e. The predicted octanol–water partition coefficient (Wildman–Crippen LogP) is 5.66. The number of nitrogens with two attached hydrogens (primary N) is 1. The molecule has 2 aromatic rings. The molecule has 3 rings (SSSR count). The first-order valence-electron chi connectivity index (χ1n) is 8.39. The van der Waals surface area contributed by atoms with Gasteiger partial charge in [-0.3, -0.25) is 0 Å². The lowest BCUT2D eigenvalue weighted by Crippen LogP contribution is -2.28. The van der Waals surface area contributed by atoms with Crippen molar-refractivity contribution in [3.05, 3.63) is 45.1 Å². The van der Waals surface area contributed by atoms with Gasteiger partial charge in [-0.2, -0.15) is 5.26 Å². The summed E-state index contributed by atoms with van der Waals surface area (Å²) in [5, 5.41) is 10.8. The second-order valence-corrected chi connectivity index (χ2v) is 8.56.